The van der Waals surface area contributed by atoms with Crippen LogP contribution in [0.15, 0.2) is 16.6 Å². The molecule has 92 valence electrons. The van der Waals surface area contributed by atoms with Crippen molar-refractivity contribution in [3.63, 3.8) is 0 Å². The van der Waals surface area contributed by atoms with E-state index < -0.39 is 0 Å². The van der Waals surface area contributed by atoms with Gasteiger partial charge in [0.1, 0.15) is 0 Å². The Morgan fingerprint density at radius 3 is 3.06 bits per heavy atom. The number of rotatable bonds is 1. The molecular formula is C12H16BrN3O. The summed E-state index contributed by atoms with van der Waals surface area (Å²) in [6.45, 7) is 3.65. The van der Waals surface area contributed by atoms with E-state index in [-0.39, 0.29) is 12.5 Å². The monoisotopic (exact) mass is 297 g/mol. The SMILES string of the molecule is Cc1cc(Br)c2c(c1)NCCCN2C(=O)CN. The fourth-order valence-electron chi connectivity index (χ4n) is 2.08. The molecule has 0 fully saturated rings. The highest BCUT2D eigenvalue weighted by molar-refractivity contribution is 9.10. The third-order valence-corrected chi connectivity index (χ3v) is 3.43. The molecule has 5 heteroatoms. The summed E-state index contributed by atoms with van der Waals surface area (Å²) in [6, 6.07) is 4.07. The van der Waals surface area contributed by atoms with Crippen LogP contribution in [0.4, 0.5) is 11.4 Å². The van der Waals surface area contributed by atoms with Gasteiger partial charge in [-0.05, 0) is 47.0 Å². The van der Waals surface area contributed by atoms with Crippen molar-refractivity contribution in [1.29, 1.82) is 0 Å². The average Bonchev–Trinajstić information content (AvgIpc) is 2.50. The maximum absolute atomic E-state index is 11.9. The van der Waals surface area contributed by atoms with Gasteiger partial charge in [-0.25, -0.2) is 0 Å². The van der Waals surface area contributed by atoms with Crippen LogP contribution in [0.5, 0.6) is 0 Å². The van der Waals surface area contributed by atoms with E-state index in [1.54, 1.807) is 4.90 Å². The number of fused-ring (bicyclic) bond motifs is 1. The Kier molecular flexibility index (Phi) is 3.69. The van der Waals surface area contributed by atoms with Crippen molar-refractivity contribution in [2.45, 2.75) is 13.3 Å². The zero-order valence-corrected chi connectivity index (χ0v) is 11.4. The molecule has 1 heterocycles. The molecule has 0 aliphatic carbocycles. The summed E-state index contributed by atoms with van der Waals surface area (Å²) in [7, 11) is 0. The summed E-state index contributed by atoms with van der Waals surface area (Å²) in [4.78, 5) is 13.6. The zero-order chi connectivity index (χ0) is 12.4. The number of carbonyl (C=O) groups excluding carboxylic acids is 1. The predicted octanol–water partition coefficient (Wildman–Crippen LogP) is 1.86. The lowest BCUT2D eigenvalue weighted by atomic mass is 10.1. The Hall–Kier alpha value is -1.07. The molecule has 1 aliphatic heterocycles. The Balaban J connectivity index is 2.51. The zero-order valence-electron chi connectivity index (χ0n) is 9.79. The first-order valence-corrected chi connectivity index (χ1v) is 6.47. The summed E-state index contributed by atoms with van der Waals surface area (Å²) in [5.41, 5.74) is 8.52. The Labute approximate surface area is 109 Å². The molecule has 0 saturated carbocycles. The van der Waals surface area contributed by atoms with Gasteiger partial charge in [-0.1, -0.05) is 0 Å². The number of hydrogen-bond acceptors (Lipinski definition) is 3. The van der Waals surface area contributed by atoms with Crippen LogP contribution in [0.1, 0.15) is 12.0 Å². The quantitative estimate of drug-likeness (QED) is 0.832. The third kappa shape index (κ3) is 2.45. The number of benzene rings is 1. The molecule has 0 saturated heterocycles. The molecule has 0 atom stereocenters. The molecule has 1 amide bonds. The number of nitrogens with one attached hydrogen (secondary N) is 1. The van der Waals surface area contributed by atoms with E-state index >= 15 is 0 Å². The summed E-state index contributed by atoms with van der Waals surface area (Å²) in [6.07, 6.45) is 0.923. The van der Waals surface area contributed by atoms with E-state index in [4.69, 9.17) is 5.73 Å². The van der Waals surface area contributed by atoms with Gasteiger partial charge < -0.3 is 16.0 Å². The second kappa shape index (κ2) is 5.06. The number of aryl methyl sites for hydroxylation is 1. The number of hydrogen-bond donors (Lipinski definition) is 2. The molecule has 0 aromatic heterocycles. The van der Waals surface area contributed by atoms with Crippen LogP contribution < -0.4 is 16.0 Å². The van der Waals surface area contributed by atoms with Crippen LogP contribution in [-0.4, -0.2) is 25.5 Å². The minimum Gasteiger partial charge on any atom is -0.383 e. The van der Waals surface area contributed by atoms with Gasteiger partial charge in [-0.2, -0.15) is 0 Å². The van der Waals surface area contributed by atoms with Gasteiger partial charge in [0.25, 0.3) is 0 Å². The molecule has 0 bridgehead atoms. The first-order valence-electron chi connectivity index (χ1n) is 5.68. The van der Waals surface area contributed by atoms with E-state index in [1.807, 2.05) is 13.0 Å². The Bertz CT molecular complexity index is 448. The van der Waals surface area contributed by atoms with Gasteiger partial charge in [0, 0.05) is 17.6 Å². The standard InChI is InChI=1S/C12H16BrN3O/c1-8-5-9(13)12-10(6-8)15-3-2-4-16(12)11(17)7-14/h5-6,15H,2-4,7,14H2,1H3. The van der Waals surface area contributed by atoms with Crippen LogP contribution in [0.3, 0.4) is 0 Å². The lowest BCUT2D eigenvalue weighted by Gasteiger charge is -2.23. The smallest absolute Gasteiger partial charge is 0.240 e. The first-order chi connectivity index (χ1) is 8.13. The molecular weight excluding hydrogens is 282 g/mol. The average molecular weight is 298 g/mol. The summed E-state index contributed by atoms with van der Waals surface area (Å²) in [5.74, 6) is -0.0421. The van der Waals surface area contributed by atoms with Crippen LogP contribution in [0.25, 0.3) is 0 Å². The van der Waals surface area contributed by atoms with Crippen molar-refractivity contribution in [3.05, 3.63) is 22.2 Å². The predicted molar refractivity (Wildman–Crippen MR) is 73.4 cm³/mol. The van der Waals surface area contributed by atoms with Crippen molar-refractivity contribution in [3.8, 4) is 0 Å². The highest BCUT2D eigenvalue weighted by Gasteiger charge is 2.22. The van der Waals surface area contributed by atoms with E-state index in [9.17, 15) is 4.79 Å². The van der Waals surface area contributed by atoms with Crippen molar-refractivity contribution in [2.75, 3.05) is 29.9 Å². The number of nitrogens with two attached hydrogens (primary N) is 1. The molecule has 0 radical (unpaired) electrons. The van der Waals surface area contributed by atoms with Gasteiger partial charge in [-0.15, -0.1) is 0 Å². The van der Waals surface area contributed by atoms with Crippen molar-refractivity contribution in [2.24, 2.45) is 5.73 Å². The number of amides is 1. The largest absolute Gasteiger partial charge is 0.383 e. The van der Waals surface area contributed by atoms with Gasteiger partial charge in [0.15, 0.2) is 0 Å². The highest BCUT2D eigenvalue weighted by atomic mass is 79.9. The van der Waals surface area contributed by atoms with Crippen LogP contribution in [0, 0.1) is 6.92 Å². The maximum Gasteiger partial charge on any atom is 0.240 e. The number of halogens is 1. The highest BCUT2D eigenvalue weighted by Crippen LogP contribution is 2.37. The fraction of sp³-hybridized carbons (Fsp3) is 0.417. The molecule has 3 N–H and O–H groups in total. The second-order valence-corrected chi connectivity index (χ2v) is 5.03. The second-order valence-electron chi connectivity index (χ2n) is 4.17. The first kappa shape index (κ1) is 12.4. The minimum absolute atomic E-state index is 0.0414. The maximum atomic E-state index is 11.9. The van der Waals surface area contributed by atoms with Gasteiger partial charge in [-0.3, -0.25) is 4.79 Å². The fourth-order valence-corrected chi connectivity index (χ4v) is 2.86. The molecule has 1 aromatic rings. The summed E-state index contributed by atoms with van der Waals surface area (Å²) in [5, 5.41) is 3.35. The van der Waals surface area contributed by atoms with Crippen molar-refractivity contribution >= 4 is 33.2 Å². The van der Waals surface area contributed by atoms with Crippen molar-refractivity contribution < 1.29 is 4.79 Å². The van der Waals surface area contributed by atoms with Crippen molar-refractivity contribution in [1.82, 2.24) is 0 Å². The van der Waals surface area contributed by atoms with Crippen LogP contribution >= 0.6 is 15.9 Å². The lowest BCUT2D eigenvalue weighted by Crippen LogP contribution is -2.36. The minimum atomic E-state index is -0.0421. The molecule has 17 heavy (non-hydrogen) atoms. The Morgan fingerprint density at radius 2 is 2.35 bits per heavy atom. The number of carbonyl (C=O) groups is 1. The topological polar surface area (TPSA) is 58.4 Å². The van der Waals surface area contributed by atoms with E-state index in [1.165, 1.54) is 0 Å². The molecule has 0 spiro atoms. The molecule has 2 rings (SSSR count). The summed E-state index contributed by atoms with van der Waals surface area (Å²) >= 11 is 3.53. The van der Waals surface area contributed by atoms with Gasteiger partial charge in [0.2, 0.25) is 5.91 Å². The normalized spacial score (nSPS) is 14.9. The molecule has 4 nitrogen and oxygen atoms in total. The number of nitrogens with zero attached hydrogens (tertiary/aromatic N) is 1. The molecule has 1 aliphatic rings. The van der Waals surface area contributed by atoms with E-state index in [2.05, 4.69) is 27.3 Å². The summed E-state index contributed by atoms with van der Waals surface area (Å²) < 4.78 is 0.934. The van der Waals surface area contributed by atoms with Gasteiger partial charge >= 0.3 is 0 Å². The van der Waals surface area contributed by atoms with E-state index in [0.29, 0.717) is 6.54 Å². The lowest BCUT2D eigenvalue weighted by molar-refractivity contribution is -0.117. The molecule has 0 unspecified atom stereocenters. The Morgan fingerprint density at radius 1 is 1.59 bits per heavy atom. The third-order valence-electron chi connectivity index (χ3n) is 2.83. The van der Waals surface area contributed by atoms with Gasteiger partial charge in [0.05, 0.1) is 17.9 Å². The molecule has 1 aromatic carbocycles. The van der Waals surface area contributed by atoms with E-state index in [0.717, 1.165) is 34.4 Å². The number of anilines is 2. The van der Waals surface area contributed by atoms with Crippen LogP contribution in [-0.2, 0) is 4.79 Å². The van der Waals surface area contributed by atoms with Crippen LogP contribution in [0.2, 0.25) is 0 Å².